The highest BCUT2D eigenvalue weighted by Crippen LogP contribution is 2.22. The molecule has 3 nitrogen and oxygen atoms in total. The van der Waals surface area contributed by atoms with Gasteiger partial charge in [0, 0.05) is 23.9 Å². The molecule has 2 unspecified atom stereocenters. The van der Waals surface area contributed by atoms with Crippen LogP contribution in [0.5, 0.6) is 0 Å². The Morgan fingerprint density at radius 1 is 1.57 bits per heavy atom. The second-order valence-corrected chi connectivity index (χ2v) is 5.70. The predicted molar refractivity (Wildman–Crippen MR) is 65.4 cm³/mol. The first kappa shape index (κ1) is 14.2. The fraction of sp³-hybridized carbons (Fsp3) is 0.778. The van der Waals surface area contributed by atoms with Crippen LogP contribution in [0.15, 0.2) is 12.3 Å². The second-order valence-electron chi connectivity index (χ2n) is 3.09. The number of hydrogen-bond acceptors (Lipinski definition) is 5. The average molecular weight is 237 g/mol. The fourth-order valence-corrected chi connectivity index (χ4v) is 2.32. The van der Waals surface area contributed by atoms with E-state index < -0.39 is 6.10 Å². The van der Waals surface area contributed by atoms with Crippen LogP contribution in [0.4, 0.5) is 0 Å². The molecule has 0 saturated heterocycles. The minimum atomic E-state index is -0.702. The Balaban J connectivity index is 3.61. The van der Waals surface area contributed by atoms with Gasteiger partial charge >= 0.3 is 0 Å². The van der Waals surface area contributed by atoms with Crippen LogP contribution < -0.4 is 5.32 Å². The molecule has 0 aliphatic carbocycles. The first-order chi connectivity index (χ1) is 6.61. The Morgan fingerprint density at radius 2 is 2.21 bits per heavy atom. The van der Waals surface area contributed by atoms with Gasteiger partial charge < -0.3 is 15.5 Å². The van der Waals surface area contributed by atoms with Gasteiger partial charge in [-0.15, -0.1) is 0 Å². The summed E-state index contributed by atoms with van der Waals surface area (Å²) in [5.74, 6) is 1.38. The standard InChI is InChI=1S/C9H19NO2S2/c1-7(6-14-13-3)8(2)10-4-9(12)5-11/h7,9-12H,2,4-6H2,1,3H3. The zero-order valence-electron chi connectivity index (χ0n) is 8.69. The maximum absolute atomic E-state index is 9.10. The third-order valence-corrected chi connectivity index (χ3v) is 3.79. The lowest BCUT2D eigenvalue weighted by molar-refractivity contribution is 0.0960. The van der Waals surface area contributed by atoms with E-state index in [-0.39, 0.29) is 6.61 Å². The summed E-state index contributed by atoms with van der Waals surface area (Å²) >= 11 is 0. The molecule has 0 aromatic rings. The van der Waals surface area contributed by atoms with E-state index in [1.165, 1.54) is 0 Å². The molecule has 84 valence electrons. The lowest BCUT2D eigenvalue weighted by atomic mass is 10.1. The average Bonchev–Trinajstić information content (AvgIpc) is 2.21. The summed E-state index contributed by atoms with van der Waals surface area (Å²) in [5, 5.41) is 20.7. The van der Waals surface area contributed by atoms with Crippen molar-refractivity contribution < 1.29 is 10.2 Å². The Hall–Kier alpha value is 0.160. The van der Waals surface area contributed by atoms with E-state index in [0.29, 0.717) is 12.5 Å². The maximum atomic E-state index is 9.10. The summed E-state index contributed by atoms with van der Waals surface area (Å²) in [6, 6.07) is 0. The molecule has 2 atom stereocenters. The van der Waals surface area contributed by atoms with Crippen molar-refractivity contribution in [3.05, 3.63) is 12.3 Å². The summed E-state index contributed by atoms with van der Waals surface area (Å²) in [7, 11) is 3.52. The number of allylic oxidation sites excluding steroid dienone is 1. The summed E-state index contributed by atoms with van der Waals surface area (Å²) in [4.78, 5) is 0. The Labute approximate surface area is 93.8 Å². The predicted octanol–water partition coefficient (Wildman–Crippen LogP) is 1.09. The quantitative estimate of drug-likeness (QED) is 0.552. The molecule has 5 heteroatoms. The lowest BCUT2D eigenvalue weighted by Crippen LogP contribution is -2.30. The number of nitrogens with one attached hydrogen (secondary N) is 1. The number of rotatable bonds is 8. The Bertz CT molecular complexity index is 167. The van der Waals surface area contributed by atoms with E-state index in [2.05, 4.69) is 18.8 Å². The highest BCUT2D eigenvalue weighted by Gasteiger charge is 2.08. The first-order valence-corrected chi connectivity index (χ1v) is 7.21. The van der Waals surface area contributed by atoms with E-state index in [1.54, 1.807) is 21.6 Å². The maximum Gasteiger partial charge on any atom is 0.0942 e. The highest BCUT2D eigenvalue weighted by atomic mass is 33.1. The van der Waals surface area contributed by atoms with E-state index >= 15 is 0 Å². The minimum absolute atomic E-state index is 0.214. The van der Waals surface area contributed by atoms with Crippen LogP contribution in [0.1, 0.15) is 6.92 Å². The third-order valence-electron chi connectivity index (χ3n) is 1.81. The number of aliphatic hydroxyl groups is 2. The normalized spacial score (nSPS) is 14.9. The van der Waals surface area contributed by atoms with Crippen molar-refractivity contribution in [1.82, 2.24) is 5.32 Å². The van der Waals surface area contributed by atoms with E-state index in [4.69, 9.17) is 10.2 Å². The lowest BCUT2D eigenvalue weighted by Gasteiger charge is -2.17. The van der Waals surface area contributed by atoms with Crippen molar-refractivity contribution in [2.24, 2.45) is 5.92 Å². The van der Waals surface area contributed by atoms with Gasteiger partial charge in [-0.25, -0.2) is 0 Å². The Morgan fingerprint density at radius 3 is 2.71 bits per heavy atom. The molecule has 0 aromatic carbocycles. The van der Waals surface area contributed by atoms with Gasteiger partial charge in [-0.2, -0.15) is 0 Å². The van der Waals surface area contributed by atoms with Gasteiger partial charge in [-0.05, 0) is 6.26 Å². The van der Waals surface area contributed by atoms with E-state index in [9.17, 15) is 0 Å². The van der Waals surface area contributed by atoms with Crippen LogP contribution in [-0.2, 0) is 0 Å². The molecule has 0 saturated carbocycles. The fourth-order valence-electron chi connectivity index (χ4n) is 0.758. The van der Waals surface area contributed by atoms with Crippen molar-refractivity contribution in [3.63, 3.8) is 0 Å². The van der Waals surface area contributed by atoms with Crippen molar-refractivity contribution in [2.45, 2.75) is 13.0 Å². The van der Waals surface area contributed by atoms with Crippen molar-refractivity contribution in [3.8, 4) is 0 Å². The van der Waals surface area contributed by atoms with Crippen LogP contribution in [0.3, 0.4) is 0 Å². The molecule has 0 bridgehead atoms. The van der Waals surface area contributed by atoms with Gasteiger partial charge in [0.1, 0.15) is 0 Å². The third kappa shape index (κ3) is 6.59. The van der Waals surface area contributed by atoms with Gasteiger partial charge in [0.25, 0.3) is 0 Å². The molecule has 3 N–H and O–H groups in total. The van der Waals surface area contributed by atoms with Gasteiger partial charge in [0.15, 0.2) is 0 Å². The molecule has 0 aliphatic rings. The summed E-state index contributed by atoms with van der Waals surface area (Å²) < 4.78 is 0. The largest absolute Gasteiger partial charge is 0.394 e. The monoisotopic (exact) mass is 237 g/mol. The van der Waals surface area contributed by atoms with Gasteiger partial charge in [-0.3, -0.25) is 0 Å². The van der Waals surface area contributed by atoms with Crippen LogP contribution >= 0.6 is 21.6 Å². The molecule has 0 heterocycles. The van der Waals surface area contributed by atoms with Crippen molar-refractivity contribution >= 4 is 21.6 Å². The van der Waals surface area contributed by atoms with Crippen LogP contribution in [-0.4, -0.2) is 41.5 Å². The molecule has 0 spiro atoms. The molecule has 0 fully saturated rings. The summed E-state index contributed by atoms with van der Waals surface area (Å²) in [6.45, 7) is 6.13. The topological polar surface area (TPSA) is 52.5 Å². The zero-order chi connectivity index (χ0) is 11.0. The van der Waals surface area contributed by atoms with Crippen molar-refractivity contribution in [2.75, 3.05) is 25.2 Å². The van der Waals surface area contributed by atoms with Gasteiger partial charge in [0.05, 0.1) is 12.7 Å². The smallest absolute Gasteiger partial charge is 0.0942 e. The molecule has 0 radical (unpaired) electrons. The SMILES string of the molecule is C=C(NCC(O)CO)C(C)CSSC. The van der Waals surface area contributed by atoms with E-state index in [0.717, 1.165) is 11.4 Å². The van der Waals surface area contributed by atoms with E-state index in [1.807, 2.05) is 6.26 Å². The molecule has 0 amide bonds. The van der Waals surface area contributed by atoms with Crippen molar-refractivity contribution in [1.29, 1.82) is 0 Å². The molecule has 0 aliphatic heterocycles. The molecular weight excluding hydrogens is 218 g/mol. The number of aliphatic hydroxyl groups excluding tert-OH is 2. The zero-order valence-corrected chi connectivity index (χ0v) is 10.3. The summed E-state index contributed by atoms with van der Waals surface area (Å²) in [6.07, 6.45) is 1.34. The highest BCUT2D eigenvalue weighted by molar-refractivity contribution is 8.76. The molecule has 0 rings (SSSR count). The van der Waals surface area contributed by atoms with Crippen LogP contribution in [0, 0.1) is 5.92 Å². The first-order valence-electron chi connectivity index (χ1n) is 4.49. The molecule has 14 heavy (non-hydrogen) atoms. The summed E-state index contributed by atoms with van der Waals surface area (Å²) in [5.41, 5.74) is 0.916. The van der Waals surface area contributed by atoms with Gasteiger partial charge in [-0.1, -0.05) is 35.1 Å². The minimum Gasteiger partial charge on any atom is -0.394 e. The number of hydrogen-bond donors (Lipinski definition) is 3. The molecule has 0 aromatic heterocycles. The van der Waals surface area contributed by atoms with Gasteiger partial charge in [0.2, 0.25) is 0 Å². The van der Waals surface area contributed by atoms with Crippen LogP contribution in [0.2, 0.25) is 0 Å². The van der Waals surface area contributed by atoms with Crippen LogP contribution in [0.25, 0.3) is 0 Å². The second kappa shape index (κ2) is 8.47. The molecular formula is C9H19NO2S2. The Kier molecular flexibility index (Phi) is 8.56.